The lowest BCUT2D eigenvalue weighted by atomic mass is 10.1. The Hall–Kier alpha value is -3.36. The zero-order valence-corrected chi connectivity index (χ0v) is 17.4. The summed E-state index contributed by atoms with van der Waals surface area (Å²) in [5.74, 6) is 1.92. The zero-order chi connectivity index (χ0) is 21.7. The molecule has 1 aromatic carbocycles. The standard InChI is InChI=1S/C21H27N3O6/c1-27-17-10-14(11-18(28-2)19(17)29-3)12-23(13-15-6-5-9-30-15)20(25)16-7-4-8-24(16)21(22)26/h5-6,9-11,16H,4,7-8,12-13H2,1-3H3,(H2,22,26). The number of hydrogen-bond donors (Lipinski definition) is 1. The minimum Gasteiger partial charge on any atom is -0.493 e. The largest absolute Gasteiger partial charge is 0.493 e. The average Bonchev–Trinajstić information content (AvgIpc) is 3.44. The summed E-state index contributed by atoms with van der Waals surface area (Å²) in [5.41, 5.74) is 6.26. The van der Waals surface area contributed by atoms with Crippen molar-refractivity contribution in [3.63, 3.8) is 0 Å². The fourth-order valence-corrected chi connectivity index (χ4v) is 3.75. The number of furan rings is 1. The topological polar surface area (TPSA) is 107 Å². The Labute approximate surface area is 175 Å². The van der Waals surface area contributed by atoms with Crippen LogP contribution in [0.15, 0.2) is 34.9 Å². The third-order valence-corrected chi connectivity index (χ3v) is 5.16. The Balaban J connectivity index is 1.91. The number of amides is 3. The van der Waals surface area contributed by atoms with Crippen molar-refractivity contribution < 1.29 is 28.2 Å². The van der Waals surface area contributed by atoms with Gasteiger partial charge in [-0.05, 0) is 42.7 Å². The number of nitrogens with zero attached hydrogens (tertiary/aromatic N) is 2. The van der Waals surface area contributed by atoms with E-state index in [1.165, 1.54) is 26.2 Å². The van der Waals surface area contributed by atoms with E-state index in [1.54, 1.807) is 35.4 Å². The van der Waals surface area contributed by atoms with E-state index < -0.39 is 12.1 Å². The first-order valence-electron chi connectivity index (χ1n) is 9.64. The van der Waals surface area contributed by atoms with Gasteiger partial charge in [-0.25, -0.2) is 4.79 Å². The summed E-state index contributed by atoms with van der Waals surface area (Å²) in [4.78, 5) is 28.2. The molecule has 0 bridgehead atoms. The van der Waals surface area contributed by atoms with Gasteiger partial charge in [0.2, 0.25) is 11.7 Å². The first-order valence-corrected chi connectivity index (χ1v) is 9.64. The molecule has 9 heteroatoms. The van der Waals surface area contributed by atoms with Crippen LogP contribution in [0.2, 0.25) is 0 Å². The van der Waals surface area contributed by atoms with Gasteiger partial charge in [-0.15, -0.1) is 0 Å². The minimum absolute atomic E-state index is 0.184. The van der Waals surface area contributed by atoms with Crippen LogP contribution in [-0.2, 0) is 17.9 Å². The highest BCUT2D eigenvalue weighted by Gasteiger charge is 2.36. The van der Waals surface area contributed by atoms with E-state index in [-0.39, 0.29) is 19.0 Å². The Morgan fingerprint density at radius 3 is 2.40 bits per heavy atom. The number of carbonyl (C=O) groups excluding carboxylic acids is 2. The summed E-state index contributed by atoms with van der Waals surface area (Å²) >= 11 is 0. The average molecular weight is 417 g/mol. The van der Waals surface area contributed by atoms with Crippen LogP contribution in [0.5, 0.6) is 17.2 Å². The van der Waals surface area contributed by atoms with Gasteiger partial charge in [-0.3, -0.25) is 4.79 Å². The number of benzene rings is 1. The molecule has 1 saturated heterocycles. The van der Waals surface area contributed by atoms with Crippen LogP contribution >= 0.6 is 0 Å². The molecule has 3 amide bonds. The number of nitrogens with two attached hydrogens (primary N) is 1. The Morgan fingerprint density at radius 1 is 1.17 bits per heavy atom. The molecule has 1 aliphatic rings. The van der Waals surface area contributed by atoms with Crippen molar-refractivity contribution in [1.82, 2.24) is 9.80 Å². The molecule has 2 N–H and O–H groups in total. The number of primary amides is 1. The molecule has 30 heavy (non-hydrogen) atoms. The number of hydrogen-bond acceptors (Lipinski definition) is 6. The molecule has 2 heterocycles. The first-order chi connectivity index (χ1) is 14.5. The number of likely N-dealkylation sites (tertiary alicyclic amines) is 1. The number of urea groups is 1. The van der Waals surface area contributed by atoms with Crippen molar-refractivity contribution in [1.29, 1.82) is 0 Å². The highest BCUT2D eigenvalue weighted by atomic mass is 16.5. The lowest BCUT2D eigenvalue weighted by Crippen LogP contribution is -2.49. The van der Waals surface area contributed by atoms with Crippen molar-refractivity contribution in [3.8, 4) is 17.2 Å². The summed E-state index contributed by atoms with van der Waals surface area (Å²) in [6.45, 7) is 0.995. The van der Waals surface area contributed by atoms with Gasteiger partial charge < -0.3 is 34.2 Å². The number of ether oxygens (including phenoxy) is 3. The van der Waals surface area contributed by atoms with Gasteiger partial charge in [-0.1, -0.05) is 0 Å². The van der Waals surface area contributed by atoms with Gasteiger partial charge in [0.25, 0.3) is 0 Å². The predicted octanol–water partition coefficient (Wildman–Crippen LogP) is 2.38. The molecular weight excluding hydrogens is 390 g/mol. The highest BCUT2D eigenvalue weighted by molar-refractivity contribution is 5.87. The molecule has 1 fully saturated rings. The molecule has 1 aliphatic heterocycles. The van der Waals surface area contributed by atoms with Gasteiger partial charge in [0.15, 0.2) is 11.5 Å². The maximum atomic E-state index is 13.4. The second-order valence-electron chi connectivity index (χ2n) is 7.00. The van der Waals surface area contributed by atoms with Gasteiger partial charge in [-0.2, -0.15) is 0 Å². The lowest BCUT2D eigenvalue weighted by Gasteiger charge is -2.29. The molecule has 162 valence electrons. The van der Waals surface area contributed by atoms with Crippen LogP contribution in [0.3, 0.4) is 0 Å². The molecule has 9 nitrogen and oxygen atoms in total. The minimum atomic E-state index is -0.586. The van der Waals surface area contributed by atoms with Gasteiger partial charge in [0.1, 0.15) is 11.8 Å². The Kier molecular flexibility index (Phi) is 6.71. The van der Waals surface area contributed by atoms with E-state index in [4.69, 9.17) is 24.4 Å². The maximum absolute atomic E-state index is 13.4. The van der Waals surface area contributed by atoms with Crippen molar-refractivity contribution in [2.24, 2.45) is 5.73 Å². The van der Waals surface area contributed by atoms with Crippen LogP contribution in [0.25, 0.3) is 0 Å². The molecule has 2 aromatic rings. The van der Waals surface area contributed by atoms with E-state index in [9.17, 15) is 9.59 Å². The molecule has 0 radical (unpaired) electrons. The van der Waals surface area contributed by atoms with Crippen LogP contribution in [0.1, 0.15) is 24.2 Å². The summed E-state index contributed by atoms with van der Waals surface area (Å²) in [6, 6.07) is 5.99. The Bertz CT molecular complexity index is 858. The van der Waals surface area contributed by atoms with Gasteiger partial charge in [0, 0.05) is 13.1 Å². The molecule has 3 rings (SSSR count). The maximum Gasteiger partial charge on any atom is 0.315 e. The van der Waals surface area contributed by atoms with Crippen LogP contribution in [0, 0.1) is 0 Å². The molecular formula is C21H27N3O6. The summed E-state index contributed by atoms with van der Waals surface area (Å²) in [7, 11) is 4.61. The molecule has 0 spiro atoms. The molecule has 1 aromatic heterocycles. The third kappa shape index (κ3) is 4.45. The molecule has 1 unspecified atom stereocenters. The summed E-state index contributed by atoms with van der Waals surface area (Å²) < 4.78 is 21.7. The van der Waals surface area contributed by atoms with E-state index in [0.29, 0.717) is 36.0 Å². The van der Waals surface area contributed by atoms with Crippen LogP contribution in [0.4, 0.5) is 4.79 Å². The number of rotatable bonds is 8. The number of methoxy groups -OCH3 is 3. The smallest absolute Gasteiger partial charge is 0.315 e. The molecule has 0 saturated carbocycles. The monoisotopic (exact) mass is 417 g/mol. The molecule has 1 atom stereocenters. The van der Waals surface area contributed by atoms with Gasteiger partial charge >= 0.3 is 6.03 Å². The quantitative estimate of drug-likeness (QED) is 0.707. The third-order valence-electron chi connectivity index (χ3n) is 5.16. The Morgan fingerprint density at radius 2 is 1.87 bits per heavy atom. The normalized spacial score (nSPS) is 15.7. The fraction of sp³-hybridized carbons (Fsp3) is 0.429. The first kappa shape index (κ1) is 21.4. The van der Waals surface area contributed by atoms with Crippen LogP contribution in [-0.4, -0.2) is 55.7 Å². The zero-order valence-electron chi connectivity index (χ0n) is 17.4. The van der Waals surface area contributed by atoms with E-state index in [2.05, 4.69) is 0 Å². The SMILES string of the molecule is COc1cc(CN(Cc2ccco2)C(=O)C2CCCN2C(N)=O)cc(OC)c1OC. The molecule has 0 aliphatic carbocycles. The lowest BCUT2D eigenvalue weighted by molar-refractivity contribution is -0.136. The second-order valence-corrected chi connectivity index (χ2v) is 7.00. The van der Waals surface area contributed by atoms with Crippen molar-refractivity contribution in [2.45, 2.75) is 32.0 Å². The number of carbonyl (C=O) groups is 2. The van der Waals surface area contributed by atoms with E-state index in [0.717, 1.165) is 12.0 Å². The fourth-order valence-electron chi connectivity index (χ4n) is 3.75. The second kappa shape index (κ2) is 9.43. The van der Waals surface area contributed by atoms with E-state index >= 15 is 0 Å². The summed E-state index contributed by atoms with van der Waals surface area (Å²) in [5, 5.41) is 0. The highest BCUT2D eigenvalue weighted by Crippen LogP contribution is 2.38. The summed E-state index contributed by atoms with van der Waals surface area (Å²) in [6.07, 6.45) is 2.87. The van der Waals surface area contributed by atoms with Crippen molar-refractivity contribution >= 4 is 11.9 Å². The van der Waals surface area contributed by atoms with Gasteiger partial charge in [0.05, 0.1) is 34.1 Å². The van der Waals surface area contributed by atoms with Crippen molar-refractivity contribution in [3.05, 3.63) is 41.9 Å². The van der Waals surface area contributed by atoms with Crippen molar-refractivity contribution in [2.75, 3.05) is 27.9 Å². The predicted molar refractivity (Wildman–Crippen MR) is 108 cm³/mol. The van der Waals surface area contributed by atoms with E-state index in [1.807, 2.05) is 0 Å². The van der Waals surface area contributed by atoms with Crippen LogP contribution < -0.4 is 19.9 Å².